The predicted molar refractivity (Wildman–Crippen MR) is 150 cm³/mol. The Hall–Kier alpha value is -4.56. The van der Waals surface area contributed by atoms with Crippen molar-refractivity contribution in [3.05, 3.63) is 124 Å². The Morgan fingerprint density at radius 3 is 2.26 bits per heavy atom. The van der Waals surface area contributed by atoms with Gasteiger partial charge < -0.3 is 14.8 Å². The van der Waals surface area contributed by atoms with Crippen molar-refractivity contribution in [1.29, 1.82) is 0 Å². The molecule has 2 amide bonds. The molecular weight excluding hydrogens is 518 g/mol. The summed E-state index contributed by atoms with van der Waals surface area (Å²) in [6, 6.07) is 28.0. The largest absolute Gasteiger partial charge is 0.457 e. The van der Waals surface area contributed by atoms with Crippen LogP contribution < -0.4 is 15.6 Å². The van der Waals surface area contributed by atoms with Gasteiger partial charge in [-0.2, -0.15) is 0 Å². The number of anilines is 1. The van der Waals surface area contributed by atoms with E-state index in [0.29, 0.717) is 11.5 Å². The number of hydrogen-bond donors (Lipinski definition) is 1. The maximum atomic E-state index is 13.2. The predicted octanol–water partition coefficient (Wildman–Crippen LogP) is 5.94. The van der Waals surface area contributed by atoms with Crippen LogP contribution in [-0.2, 0) is 22.7 Å². The molecule has 4 aromatic rings. The SMILES string of the molecule is CC(C(=O)Nc1ccc(Cl)n(Cc2cccc(Oc3ccccc3)c2)c1=O)N(C)C(=O)OCc1ccccc1. The molecule has 0 saturated heterocycles. The maximum absolute atomic E-state index is 13.2. The topological polar surface area (TPSA) is 89.9 Å². The molecule has 1 N–H and O–H groups in total. The molecule has 200 valence electrons. The molecule has 0 aliphatic carbocycles. The molecule has 1 heterocycles. The molecule has 1 unspecified atom stereocenters. The number of nitrogens with one attached hydrogen (secondary N) is 1. The number of carbonyl (C=O) groups excluding carboxylic acids is 2. The van der Waals surface area contributed by atoms with Crippen molar-refractivity contribution < 1.29 is 19.1 Å². The van der Waals surface area contributed by atoms with E-state index in [1.165, 1.54) is 28.6 Å². The molecule has 9 heteroatoms. The summed E-state index contributed by atoms with van der Waals surface area (Å²) in [4.78, 5) is 39.7. The fourth-order valence-corrected chi connectivity index (χ4v) is 3.90. The fourth-order valence-electron chi connectivity index (χ4n) is 3.71. The normalized spacial score (nSPS) is 11.4. The molecule has 0 aliphatic heterocycles. The highest BCUT2D eigenvalue weighted by molar-refractivity contribution is 6.29. The minimum atomic E-state index is -0.899. The van der Waals surface area contributed by atoms with Crippen LogP contribution >= 0.6 is 11.6 Å². The Labute approximate surface area is 231 Å². The van der Waals surface area contributed by atoms with Gasteiger partial charge in [0.25, 0.3) is 5.56 Å². The van der Waals surface area contributed by atoms with E-state index in [1.807, 2.05) is 84.9 Å². The van der Waals surface area contributed by atoms with Crippen LogP contribution in [0.3, 0.4) is 0 Å². The Balaban J connectivity index is 1.42. The first-order chi connectivity index (χ1) is 18.8. The number of nitrogens with zero attached hydrogens (tertiary/aromatic N) is 2. The fraction of sp³-hybridized carbons (Fsp3) is 0.167. The van der Waals surface area contributed by atoms with Gasteiger partial charge in [0.1, 0.15) is 35.0 Å². The van der Waals surface area contributed by atoms with Crippen LogP contribution in [0, 0.1) is 0 Å². The molecular formula is C30H28ClN3O5. The summed E-state index contributed by atoms with van der Waals surface area (Å²) in [5.41, 5.74) is 1.17. The van der Waals surface area contributed by atoms with Crippen LogP contribution in [0.15, 0.2) is 102 Å². The Morgan fingerprint density at radius 2 is 1.54 bits per heavy atom. The molecule has 39 heavy (non-hydrogen) atoms. The number of hydrogen-bond acceptors (Lipinski definition) is 5. The highest BCUT2D eigenvalue weighted by atomic mass is 35.5. The minimum Gasteiger partial charge on any atom is -0.457 e. The van der Waals surface area contributed by atoms with Gasteiger partial charge in [0, 0.05) is 7.05 Å². The molecule has 3 aromatic carbocycles. The summed E-state index contributed by atoms with van der Waals surface area (Å²) in [6.45, 7) is 1.79. The zero-order valence-corrected chi connectivity index (χ0v) is 22.3. The van der Waals surface area contributed by atoms with Crippen molar-refractivity contribution in [3.8, 4) is 11.5 Å². The maximum Gasteiger partial charge on any atom is 0.410 e. The summed E-state index contributed by atoms with van der Waals surface area (Å²) in [6.07, 6.45) is -0.660. The van der Waals surface area contributed by atoms with Gasteiger partial charge >= 0.3 is 6.09 Å². The second kappa shape index (κ2) is 12.8. The van der Waals surface area contributed by atoms with Gasteiger partial charge in [-0.1, -0.05) is 72.3 Å². The van der Waals surface area contributed by atoms with E-state index in [4.69, 9.17) is 21.1 Å². The van der Waals surface area contributed by atoms with E-state index < -0.39 is 23.6 Å². The average Bonchev–Trinajstić information content (AvgIpc) is 2.96. The highest BCUT2D eigenvalue weighted by Crippen LogP contribution is 2.23. The Kier molecular flexibility index (Phi) is 9.01. The van der Waals surface area contributed by atoms with Crippen LogP contribution in [0.4, 0.5) is 10.5 Å². The number of aromatic nitrogens is 1. The zero-order valence-electron chi connectivity index (χ0n) is 21.5. The van der Waals surface area contributed by atoms with Gasteiger partial charge in [0.15, 0.2) is 0 Å². The molecule has 0 aliphatic rings. The zero-order chi connectivity index (χ0) is 27.8. The number of halogens is 1. The molecule has 4 rings (SSSR count). The van der Waals surface area contributed by atoms with Crippen molar-refractivity contribution in [2.45, 2.75) is 26.1 Å². The van der Waals surface area contributed by atoms with Gasteiger partial charge in [-0.05, 0) is 54.4 Å². The molecule has 8 nitrogen and oxygen atoms in total. The highest BCUT2D eigenvalue weighted by Gasteiger charge is 2.24. The van der Waals surface area contributed by atoms with Crippen molar-refractivity contribution in [3.63, 3.8) is 0 Å². The lowest BCUT2D eigenvalue weighted by Gasteiger charge is -2.23. The number of pyridine rings is 1. The minimum absolute atomic E-state index is 0.0407. The third-order valence-electron chi connectivity index (χ3n) is 6.05. The molecule has 1 atom stereocenters. The van der Waals surface area contributed by atoms with E-state index in [0.717, 1.165) is 11.1 Å². The van der Waals surface area contributed by atoms with Gasteiger partial charge in [-0.3, -0.25) is 19.1 Å². The van der Waals surface area contributed by atoms with Crippen LogP contribution in [0.5, 0.6) is 11.5 Å². The summed E-state index contributed by atoms with van der Waals surface area (Å²) < 4.78 is 12.5. The molecule has 0 saturated carbocycles. The molecule has 0 radical (unpaired) electrons. The standard InChI is InChI=1S/C30H28ClN3O5/c1-21(33(2)30(37)38-20-22-10-5-3-6-11-22)28(35)32-26-16-17-27(31)34(29(26)36)19-23-12-9-15-25(18-23)39-24-13-7-4-8-14-24/h3-18,21H,19-20H2,1-2H3,(H,32,35). The number of carbonyl (C=O) groups is 2. The third-order valence-corrected chi connectivity index (χ3v) is 6.38. The van der Waals surface area contributed by atoms with Crippen molar-refractivity contribution in [2.24, 2.45) is 0 Å². The summed E-state index contributed by atoms with van der Waals surface area (Å²) in [5.74, 6) is 0.763. The first kappa shape index (κ1) is 27.5. The number of likely N-dealkylation sites (N-methyl/N-ethyl adjacent to an activating group) is 1. The lowest BCUT2D eigenvalue weighted by molar-refractivity contribution is -0.120. The quantitative estimate of drug-likeness (QED) is 0.263. The van der Waals surface area contributed by atoms with Gasteiger partial charge in [0.05, 0.1) is 6.54 Å². The molecule has 1 aromatic heterocycles. The van der Waals surface area contributed by atoms with Crippen molar-refractivity contribution in [2.75, 3.05) is 12.4 Å². The van der Waals surface area contributed by atoms with Crippen molar-refractivity contribution >= 4 is 29.3 Å². The van der Waals surface area contributed by atoms with Crippen molar-refractivity contribution in [1.82, 2.24) is 9.47 Å². The number of para-hydroxylation sites is 1. The van der Waals surface area contributed by atoms with Gasteiger partial charge in [0.2, 0.25) is 5.91 Å². The molecule has 0 spiro atoms. The molecule has 0 bridgehead atoms. The summed E-state index contributed by atoms with van der Waals surface area (Å²) >= 11 is 6.35. The van der Waals surface area contributed by atoms with Gasteiger partial charge in [-0.15, -0.1) is 0 Å². The number of ether oxygens (including phenoxy) is 2. The second-order valence-electron chi connectivity index (χ2n) is 8.84. The Morgan fingerprint density at radius 1 is 0.897 bits per heavy atom. The first-order valence-electron chi connectivity index (χ1n) is 12.3. The van der Waals surface area contributed by atoms with E-state index in [1.54, 1.807) is 6.92 Å². The second-order valence-corrected chi connectivity index (χ2v) is 9.23. The van der Waals surface area contributed by atoms with Gasteiger partial charge in [-0.25, -0.2) is 4.79 Å². The third kappa shape index (κ3) is 7.27. The summed E-state index contributed by atoms with van der Waals surface area (Å²) in [7, 11) is 1.46. The van der Waals surface area contributed by atoms with Crippen LogP contribution in [0.2, 0.25) is 5.15 Å². The van der Waals surface area contributed by atoms with E-state index >= 15 is 0 Å². The van der Waals surface area contributed by atoms with Crippen LogP contribution in [0.1, 0.15) is 18.1 Å². The number of amides is 2. The first-order valence-corrected chi connectivity index (χ1v) is 12.6. The smallest absolute Gasteiger partial charge is 0.410 e. The summed E-state index contributed by atoms with van der Waals surface area (Å²) in [5, 5.41) is 2.82. The monoisotopic (exact) mass is 545 g/mol. The number of benzene rings is 3. The van der Waals surface area contributed by atoms with Crippen LogP contribution in [-0.4, -0.2) is 34.6 Å². The molecule has 0 fully saturated rings. The van der Waals surface area contributed by atoms with Crippen LogP contribution in [0.25, 0.3) is 0 Å². The van der Waals surface area contributed by atoms with E-state index in [-0.39, 0.29) is 24.0 Å². The lowest BCUT2D eigenvalue weighted by Crippen LogP contribution is -2.44. The number of rotatable bonds is 9. The van der Waals surface area contributed by atoms with E-state index in [2.05, 4.69) is 5.32 Å². The van der Waals surface area contributed by atoms with E-state index in [9.17, 15) is 14.4 Å². The Bertz CT molecular complexity index is 1490. The lowest BCUT2D eigenvalue weighted by atomic mass is 10.2. The average molecular weight is 546 g/mol.